The Morgan fingerprint density at radius 2 is 1.93 bits per heavy atom. The number of ether oxygens (including phenoxy) is 1. The van der Waals surface area contributed by atoms with Gasteiger partial charge in [-0.05, 0) is 12.8 Å². The molecule has 3 aliphatic rings. The van der Waals surface area contributed by atoms with E-state index in [1.165, 1.54) is 19.3 Å². The summed E-state index contributed by atoms with van der Waals surface area (Å²) in [5.41, 5.74) is 1.84. The van der Waals surface area contributed by atoms with Crippen molar-refractivity contribution in [3.63, 3.8) is 0 Å². The van der Waals surface area contributed by atoms with E-state index in [0.29, 0.717) is 24.2 Å². The van der Waals surface area contributed by atoms with E-state index < -0.39 is 0 Å². The van der Waals surface area contributed by atoms with Crippen molar-refractivity contribution in [3.8, 4) is 0 Å². The van der Waals surface area contributed by atoms with E-state index in [4.69, 9.17) is 21.3 Å². The molecule has 0 atom stereocenters. The van der Waals surface area contributed by atoms with Crippen LogP contribution in [-0.4, -0.2) is 52.7 Å². The van der Waals surface area contributed by atoms with Crippen LogP contribution in [0.25, 0.3) is 0 Å². The van der Waals surface area contributed by atoms with Gasteiger partial charge in [0.05, 0.1) is 29.3 Å². The normalized spacial score (nSPS) is 21.0. The van der Waals surface area contributed by atoms with Crippen LogP contribution in [0, 0.1) is 0 Å². The number of H-pyrrole nitrogens is 1. The molecule has 7 nitrogen and oxygen atoms in total. The van der Waals surface area contributed by atoms with Crippen LogP contribution >= 0.6 is 22.9 Å². The number of rotatable bonds is 4. The fourth-order valence-corrected chi connectivity index (χ4v) is 6.07. The topological polar surface area (TPSA) is 74.4 Å². The first kappa shape index (κ1) is 20.4. The molecule has 30 heavy (non-hydrogen) atoms. The number of morpholine rings is 1. The van der Waals surface area contributed by atoms with Crippen molar-refractivity contribution >= 4 is 28.1 Å². The van der Waals surface area contributed by atoms with Gasteiger partial charge in [-0.25, -0.2) is 9.97 Å². The molecule has 0 unspecified atom stereocenters. The van der Waals surface area contributed by atoms with Crippen LogP contribution in [0.3, 0.4) is 0 Å². The Morgan fingerprint density at radius 1 is 1.13 bits per heavy atom. The van der Waals surface area contributed by atoms with Crippen molar-refractivity contribution in [1.29, 1.82) is 0 Å². The molecule has 0 amide bonds. The summed E-state index contributed by atoms with van der Waals surface area (Å²) in [5, 5.41) is 1.54. The van der Waals surface area contributed by atoms with Gasteiger partial charge in [0.2, 0.25) is 0 Å². The summed E-state index contributed by atoms with van der Waals surface area (Å²) in [7, 11) is 0. The molecule has 0 spiro atoms. The van der Waals surface area contributed by atoms with Crippen molar-refractivity contribution in [2.24, 2.45) is 0 Å². The molecule has 0 bridgehead atoms. The fourth-order valence-electron chi connectivity index (χ4n) is 4.72. The second-order valence-electron chi connectivity index (χ2n) is 8.48. The predicted octanol–water partition coefficient (Wildman–Crippen LogP) is 3.32. The summed E-state index contributed by atoms with van der Waals surface area (Å²) in [4.78, 5) is 31.0. The Bertz CT molecular complexity index is 949. The molecular formula is C21H28ClN5O2S. The highest BCUT2D eigenvalue weighted by Gasteiger charge is 2.26. The lowest BCUT2D eigenvalue weighted by atomic mass is 9.88. The number of thiazole rings is 1. The lowest BCUT2D eigenvalue weighted by molar-refractivity contribution is 0.122. The molecule has 2 fully saturated rings. The monoisotopic (exact) mass is 449 g/mol. The summed E-state index contributed by atoms with van der Waals surface area (Å²) < 4.78 is 5.43. The Kier molecular flexibility index (Phi) is 6.09. The molecule has 1 N–H and O–H groups in total. The number of anilines is 1. The molecule has 4 heterocycles. The molecule has 9 heteroatoms. The maximum atomic E-state index is 12.8. The van der Waals surface area contributed by atoms with Gasteiger partial charge in [0, 0.05) is 45.1 Å². The van der Waals surface area contributed by atoms with E-state index in [-0.39, 0.29) is 5.56 Å². The van der Waals surface area contributed by atoms with E-state index in [0.717, 1.165) is 79.2 Å². The number of aromatic nitrogens is 3. The molecule has 162 valence electrons. The smallest absolute Gasteiger partial charge is 0.255 e. The quantitative estimate of drug-likeness (QED) is 0.771. The zero-order valence-electron chi connectivity index (χ0n) is 17.2. The highest BCUT2D eigenvalue weighted by atomic mass is 35.5. The van der Waals surface area contributed by atoms with Crippen molar-refractivity contribution in [2.45, 2.75) is 57.5 Å². The van der Waals surface area contributed by atoms with Crippen molar-refractivity contribution in [2.75, 3.05) is 37.7 Å². The molecule has 1 saturated heterocycles. The number of halogens is 1. The third kappa shape index (κ3) is 4.28. The van der Waals surface area contributed by atoms with Crippen molar-refractivity contribution in [1.82, 2.24) is 19.9 Å². The number of aromatic amines is 1. The summed E-state index contributed by atoms with van der Waals surface area (Å²) in [5.74, 6) is 1.33. The molecular weight excluding hydrogens is 422 g/mol. The largest absolute Gasteiger partial charge is 0.378 e. The first-order chi connectivity index (χ1) is 14.7. The second kappa shape index (κ2) is 8.94. The zero-order chi connectivity index (χ0) is 20.5. The minimum Gasteiger partial charge on any atom is -0.378 e. The average molecular weight is 450 g/mol. The molecule has 1 saturated carbocycles. The molecule has 0 radical (unpaired) electrons. The van der Waals surface area contributed by atoms with E-state index in [1.54, 1.807) is 11.3 Å². The number of nitrogens with zero attached hydrogens (tertiary/aromatic N) is 4. The lowest BCUT2D eigenvalue weighted by Gasteiger charge is -2.28. The van der Waals surface area contributed by atoms with Crippen LogP contribution in [0.4, 0.5) is 5.13 Å². The van der Waals surface area contributed by atoms with Crippen LogP contribution in [-0.2, 0) is 24.2 Å². The van der Waals surface area contributed by atoms with Gasteiger partial charge >= 0.3 is 0 Å². The summed E-state index contributed by atoms with van der Waals surface area (Å²) in [6.45, 7) is 5.38. The second-order valence-corrected chi connectivity index (χ2v) is 9.90. The van der Waals surface area contributed by atoms with E-state index in [1.807, 2.05) is 0 Å². The SMILES string of the molecule is O=c1[nH]c(C2CCCCC2)nc2c1CN(Cc1sc(N3CCOCC3)nc1Cl)CC2. The number of hydrogen-bond acceptors (Lipinski definition) is 7. The highest BCUT2D eigenvalue weighted by molar-refractivity contribution is 7.16. The van der Waals surface area contributed by atoms with Crippen LogP contribution < -0.4 is 10.5 Å². The van der Waals surface area contributed by atoms with E-state index >= 15 is 0 Å². The van der Waals surface area contributed by atoms with E-state index in [9.17, 15) is 4.79 Å². The fraction of sp³-hybridized carbons (Fsp3) is 0.667. The van der Waals surface area contributed by atoms with Crippen molar-refractivity contribution < 1.29 is 4.74 Å². The Balaban J connectivity index is 1.29. The molecule has 2 aliphatic heterocycles. The molecule has 1 aliphatic carbocycles. The molecule has 2 aromatic rings. The van der Waals surface area contributed by atoms with Gasteiger partial charge in [-0.3, -0.25) is 9.69 Å². The minimum absolute atomic E-state index is 0.0367. The number of fused-ring (bicyclic) bond motifs is 1. The van der Waals surface area contributed by atoms with Crippen LogP contribution in [0.5, 0.6) is 0 Å². The van der Waals surface area contributed by atoms with Crippen molar-refractivity contribution in [3.05, 3.63) is 37.5 Å². The third-order valence-electron chi connectivity index (χ3n) is 6.45. The predicted molar refractivity (Wildman–Crippen MR) is 119 cm³/mol. The van der Waals surface area contributed by atoms with Gasteiger partial charge in [0.25, 0.3) is 5.56 Å². The van der Waals surface area contributed by atoms with Gasteiger partial charge in [-0.15, -0.1) is 0 Å². The van der Waals surface area contributed by atoms with E-state index in [2.05, 4.69) is 19.8 Å². The Morgan fingerprint density at radius 3 is 2.73 bits per heavy atom. The minimum atomic E-state index is 0.0367. The summed E-state index contributed by atoms with van der Waals surface area (Å²) >= 11 is 8.11. The molecule has 0 aromatic carbocycles. The zero-order valence-corrected chi connectivity index (χ0v) is 18.7. The van der Waals surface area contributed by atoms with Gasteiger partial charge in [0.15, 0.2) is 5.13 Å². The van der Waals surface area contributed by atoms with Crippen LogP contribution in [0.1, 0.15) is 60.0 Å². The maximum absolute atomic E-state index is 12.8. The Labute approximate surface area is 185 Å². The Hall–Kier alpha value is -1.48. The van der Waals surface area contributed by atoms with Gasteiger partial charge < -0.3 is 14.6 Å². The number of hydrogen-bond donors (Lipinski definition) is 1. The standard InChI is InChI=1S/C21H28ClN5O2S/c22-18-17(30-21(24-18)27-8-10-29-11-9-27)13-26-7-6-16-15(12-26)20(28)25-19(23-16)14-4-2-1-3-5-14/h14H,1-13H2,(H,23,25,28). The average Bonchev–Trinajstić information content (AvgIpc) is 3.15. The summed E-state index contributed by atoms with van der Waals surface area (Å²) in [6.07, 6.45) is 6.87. The molecule has 2 aromatic heterocycles. The van der Waals surface area contributed by atoms with Crippen LogP contribution in [0.15, 0.2) is 4.79 Å². The van der Waals surface area contributed by atoms with Gasteiger partial charge in [0.1, 0.15) is 11.0 Å². The third-order valence-corrected chi connectivity index (χ3v) is 7.97. The molecule has 5 rings (SSSR count). The first-order valence-electron chi connectivity index (χ1n) is 11.0. The van der Waals surface area contributed by atoms with Gasteiger partial charge in [-0.1, -0.05) is 42.2 Å². The summed E-state index contributed by atoms with van der Waals surface area (Å²) in [6, 6.07) is 0. The van der Waals surface area contributed by atoms with Crippen LogP contribution in [0.2, 0.25) is 5.15 Å². The lowest BCUT2D eigenvalue weighted by Crippen LogP contribution is -2.36. The first-order valence-corrected chi connectivity index (χ1v) is 12.2. The number of nitrogens with one attached hydrogen (secondary N) is 1. The maximum Gasteiger partial charge on any atom is 0.255 e. The highest BCUT2D eigenvalue weighted by Crippen LogP contribution is 2.33. The van der Waals surface area contributed by atoms with Gasteiger partial charge in [-0.2, -0.15) is 0 Å².